The molecular formula is C16H26FN3. The first-order valence-electron chi connectivity index (χ1n) is 7.53. The van der Waals surface area contributed by atoms with Crippen LogP contribution in [0.3, 0.4) is 0 Å². The minimum absolute atomic E-state index is 0.0881. The van der Waals surface area contributed by atoms with Crippen LogP contribution < -0.4 is 5.32 Å². The van der Waals surface area contributed by atoms with E-state index in [1.807, 2.05) is 12.1 Å². The summed E-state index contributed by atoms with van der Waals surface area (Å²) >= 11 is 0. The van der Waals surface area contributed by atoms with Gasteiger partial charge in [-0.1, -0.05) is 18.2 Å². The molecule has 1 aromatic carbocycles. The van der Waals surface area contributed by atoms with Gasteiger partial charge in [0.25, 0.3) is 0 Å². The Kier molecular flexibility index (Phi) is 5.95. The Hall–Kier alpha value is -0.970. The summed E-state index contributed by atoms with van der Waals surface area (Å²) in [6.45, 7) is 8.76. The molecule has 0 aromatic heterocycles. The Bertz CT molecular complexity index is 404. The fraction of sp³-hybridized carbons (Fsp3) is 0.625. The molecule has 1 atom stereocenters. The molecular weight excluding hydrogens is 253 g/mol. The monoisotopic (exact) mass is 279 g/mol. The standard InChI is InChI=1S/C16H26FN3/c1-14(13-15-5-3-4-6-16(15)17)19(2)11-12-20-9-7-18-8-10-20/h3-6,14,18H,7-13H2,1-2H3. The third kappa shape index (κ3) is 4.54. The highest BCUT2D eigenvalue weighted by Crippen LogP contribution is 2.11. The predicted molar refractivity (Wildman–Crippen MR) is 81.5 cm³/mol. The molecule has 1 heterocycles. The molecule has 1 fully saturated rings. The third-order valence-corrected chi connectivity index (χ3v) is 4.20. The molecule has 1 aliphatic rings. The molecule has 3 nitrogen and oxygen atoms in total. The molecule has 4 heteroatoms. The summed E-state index contributed by atoms with van der Waals surface area (Å²) in [5.41, 5.74) is 0.814. The van der Waals surface area contributed by atoms with Crippen molar-refractivity contribution in [2.24, 2.45) is 0 Å². The van der Waals surface area contributed by atoms with E-state index in [4.69, 9.17) is 0 Å². The number of hydrogen-bond acceptors (Lipinski definition) is 3. The maximum Gasteiger partial charge on any atom is 0.126 e. The highest BCUT2D eigenvalue weighted by molar-refractivity contribution is 5.18. The molecule has 20 heavy (non-hydrogen) atoms. The number of likely N-dealkylation sites (N-methyl/N-ethyl adjacent to an activating group) is 1. The maximum atomic E-state index is 13.7. The summed E-state index contributed by atoms with van der Waals surface area (Å²) in [5.74, 6) is -0.0881. The average molecular weight is 279 g/mol. The van der Waals surface area contributed by atoms with E-state index in [0.717, 1.165) is 51.3 Å². The molecule has 0 saturated carbocycles. The summed E-state index contributed by atoms with van der Waals surface area (Å²) in [6, 6.07) is 7.44. The summed E-state index contributed by atoms with van der Waals surface area (Å²) < 4.78 is 13.7. The van der Waals surface area contributed by atoms with E-state index in [1.165, 1.54) is 0 Å². The summed E-state index contributed by atoms with van der Waals surface area (Å²) in [4.78, 5) is 4.82. The molecule has 1 aromatic rings. The van der Waals surface area contributed by atoms with E-state index in [9.17, 15) is 4.39 Å². The zero-order valence-electron chi connectivity index (χ0n) is 12.6. The molecule has 2 rings (SSSR count). The van der Waals surface area contributed by atoms with Gasteiger partial charge in [0.15, 0.2) is 0 Å². The molecule has 1 N–H and O–H groups in total. The van der Waals surface area contributed by atoms with Gasteiger partial charge in [-0.2, -0.15) is 0 Å². The van der Waals surface area contributed by atoms with E-state index in [1.54, 1.807) is 12.1 Å². The van der Waals surface area contributed by atoms with Crippen LogP contribution in [0.4, 0.5) is 4.39 Å². The SMILES string of the molecule is CC(Cc1ccccc1F)N(C)CCN1CCNCC1. The first-order valence-corrected chi connectivity index (χ1v) is 7.53. The maximum absolute atomic E-state index is 13.7. The van der Waals surface area contributed by atoms with E-state index < -0.39 is 0 Å². The zero-order valence-corrected chi connectivity index (χ0v) is 12.6. The smallest absolute Gasteiger partial charge is 0.126 e. The molecule has 1 saturated heterocycles. The van der Waals surface area contributed by atoms with Gasteiger partial charge in [-0.25, -0.2) is 4.39 Å². The van der Waals surface area contributed by atoms with E-state index in [-0.39, 0.29) is 5.82 Å². The Labute approximate surface area is 121 Å². The lowest BCUT2D eigenvalue weighted by Gasteiger charge is -2.31. The quantitative estimate of drug-likeness (QED) is 0.853. The number of piperazine rings is 1. The van der Waals surface area contributed by atoms with Gasteiger partial charge in [0.1, 0.15) is 5.82 Å². The largest absolute Gasteiger partial charge is 0.314 e. The second kappa shape index (κ2) is 7.72. The van der Waals surface area contributed by atoms with Crippen molar-refractivity contribution in [2.75, 3.05) is 46.3 Å². The van der Waals surface area contributed by atoms with Crippen LogP contribution in [0.25, 0.3) is 0 Å². The molecule has 0 spiro atoms. The van der Waals surface area contributed by atoms with Crippen LogP contribution in [0.2, 0.25) is 0 Å². The summed E-state index contributed by atoms with van der Waals surface area (Å²) in [7, 11) is 2.13. The second-order valence-electron chi connectivity index (χ2n) is 5.72. The normalized spacial score (nSPS) is 18.4. The Morgan fingerprint density at radius 1 is 1.30 bits per heavy atom. The van der Waals surface area contributed by atoms with Gasteiger partial charge in [0, 0.05) is 45.3 Å². The van der Waals surface area contributed by atoms with Crippen molar-refractivity contribution in [3.05, 3.63) is 35.6 Å². The number of nitrogens with zero attached hydrogens (tertiary/aromatic N) is 2. The molecule has 112 valence electrons. The molecule has 0 aliphatic carbocycles. The fourth-order valence-corrected chi connectivity index (χ4v) is 2.59. The number of nitrogens with one attached hydrogen (secondary N) is 1. The van der Waals surface area contributed by atoms with E-state index >= 15 is 0 Å². The van der Waals surface area contributed by atoms with Crippen LogP contribution in [0.15, 0.2) is 24.3 Å². The second-order valence-corrected chi connectivity index (χ2v) is 5.72. The zero-order chi connectivity index (χ0) is 14.4. The van der Waals surface area contributed by atoms with Gasteiger partial charge < -0.3 is 10.2 Å². The average Bonchev–Trinajstić information content (AvgIpc) is 2.48. The van der Waals surface area contributed by atoms with Crippen molar-refractivity contribution < 1.29 is 4.39 Å². The van der Waals surface area contributed by atoms with Crippen molar-refractivity contribution in [2.45, 2.75) is 19.4 Å². The Morgan fingerprint density at radius 2 is 2.00 bits per heavy atom. The van der Waals surface area contributed by atoms with Crippen molar-refractivity contribution >= 4 is 0 Å². The number of halogens is 1. The first-order chi connectivity index (χ1) is 9.66. The lowest BCUT2D eigenvalue weighted by molar-refractivity contribution is 0.181. The topological polar surface area (TPSA) is 18.5 Å². The van der Waals surface area contributed by atoms with Gasteiger partial charge in [-0.05, 0) is 32.0 Å². The van der Waals surface area contributed by atoms with Crippen molar-refractivity contribution in [3.63, 3.8) is 0 Å². The highest BCUT2D eigenvalue weighted by atomic mass is 19.1. The van der Waals surface area contributed by atoms with Crippen LogP contribution in [-0.2, 0) is 6.42 Å². The molecule has 1 aliphatic heterocycles. The third-order valence-electron chi connectivity index (χ3n) is 4.20. The Balaban J connectivity index is 1.76. The minimum atomic E-state index is -0.0881. The van der Waals surface area contributed by atoms with E-state index in [2.05, 4.69) is 29.1 Å². The van der Waals surface area contributed by atoms with E-state index in [0.29, 0.717) is 6.04 Å². The van der Waals surface area contributed by atoms with Gasteiger partial charge in [0.05, 0.1) is 0 Å². The van der Waals surface area contributed by atoms with Gasteiger partial charge in [-0.15, -0.1) is 0 Å². The van der Waals surface area contributed by atoms with Crippen LogP contribution in [0.1, 0.15) is 12.5 Å². The van der Waals surface area contributed by atoms with Crippen molar-refractivity contribution in [1.82, 2.24) is 15.1 Å². The minimum Gasteiger partial charge on any atom is -0.314 e. The fourth-order valence-electron chi connectivity index (χ4n) is 2.59. The molecule has 1 unspecified atom stereocenters. The highest BCUT2D eigenvalue weighted by Gasteiger charge is 2.14. The van der Waals surface area contributed by atoms with Gasteiger partial charge in [-0.3, -0.25) is 4.90 Å². The van der Waals surface area contributed by atoms with Crippen molar-refractivity contribution in [3.8, 4) is 0 Å². The first kappa shape index (κ1) is 15.4. The van der Waals surface area contributed by atoms with Gasteiger partial charge in [0.2, 0.25) is 0 Å². The van der Waals surface area contributed by atoms with Crippen molar-refractivity contribution in [1.29, 1.82) is 0 Å². The predicted octanol–water partition coefficient (Wildman–Crippen LogP) is 1.59. The van der Waals surface area contributed by atoms with Crippen LogP contribution in [0.5, 0.6) is 0 Å². The number of hydrogen-bond donors (Lipinski definition) is 1. The summed E-state index contributed by atoms with van der Waals surface area (Å²) in [6.07, 6.45) is 0.769. The Morgan fingerprint density at radius 3 is 2.70 bits per heavy atom. The van der Waals surface area contributed by atoms with Crippen LogP contribution in [-0.4, -0.2) is 62.2 Å². The van der Waals surface area contributed by atoms with Gasteiger partial charge >= 0.3 is 0 Å². The number of benzene rings is 1. The summed E-state index contributed by atoms with van der Waals surface area (Å²) in [5, 5.41) is 3.37. The number of rotatable bonds is 6. The molecule has 0 amide bonds. The molecule has 0 radical (unpaired) electrons. The lowest BCUT2D eigenvalue weighted by Crippen LogP contribution is -2.46. The van der Waals surface area contributed by atoms with Crippen LogP contribution in [0, 0.1) is 5.82 Å². The molecule has 0 bridgehead atoms. The van der Waals surface area contributed by atoms with Crippen LogP contribution >= 0.6 is 0 Å². The lowest BCUT2D eigenvalue weighted by atomic mass is 10.1.